The predicted molar refractivity (Wildman–Crippen MR) is 114 cm³/mol. The van der Waals surface area contributed by atoms with Gasteiger partial charge in [0.05, 0.1) is 20.4 Å². The first-order chi connectivity index (χ1) is 13.8. The molecule has 29 heavy (non-hydrogen) atoms. The van der Waals surface area contributed by atoms with Gasteiger partial charge in [0.25, 0.3) is 16.8 Å². The van der Waals surface area contributed by atoms with Crippen molar-refractivity contribution in [2.24, 2.45) is 0 Å². The van der Waals surface area contributed by atoms with Gasteiger partial charge in [0.15, 0.2) is 0 Å². The lowest BCUT2D eigenvalue weighted by Crippen LogP contribution is -2.36. The SMILES string of the molecule is O=C(CN1C(=O)S/C(=C/c2ccccc2[N+](=O)[O-])C1=O)Nc1ccc(Br)c(Cl)c1. The molecule has 0 atom stereocenters. The second kappa shape index (κ2) is 8.76. The quantitative estimate of drug-likeness (QED) is 0.365. The highest BCUT2D eigenvalue weighted by molar-refractivity contribution is 9.10. The van der Waals surface area contributed by atoms with Gasteiger partial charge in [-0.2, -0.15) is 0 Å². The van der Waals surface area contributed by atoms with E-state index in [0.29, 0.717) is 26.9 Å². The second-order valence-corrected chi connectivity index (χ2v) is 8.02. The summed E-state index contributed by atoms with van der Waals surface area (Å²) in [4.78, 5) is 48.3. The number of nitrogens with one attached hydrogen (secondary N) is 1. The molecule has 8 nitrogen and oxygen atoms in total. The first-order valence-corrected chi connectivity index (χ1v) is 9.98. The number of carbonyl (C=O) groups excluding carboxylic acids is 3. The molecule has 0 bridgehead atoms. The van der Waals surface area contributed by atoms with Crippen LogP contribution in [0.1, 0.15) is 5.56 Å². The minimum atomic E-state index is -0.692. The third-order valence-electron chi connectivity index (χ3n) is 3.80. The Labute approximate surface area is 182 Å². The molecule has 148 valence electrons. The summed E-state index contributed by atoms with van der Waals surface area (Å²) >= 11 is 9.82. The number of halogens is 2. The van der Waals surface area contributed by atoms with E-state index in [9.17, 15) is 24.5 Å². The molecule has 2 aromatic rings. The Balaban J connectivity index is 1.74. The average Bonchev–Trinajstić information content (AvgIpc) is 2.92. The highest BCUT2D eigenvalue weighted by Crippen LogP contribution is 2.34. The molecule has 0 saturated carbocycles. The van der Waals surface area contributed by atoms with E-state index in [-0.39, 0.29) is 16.2 Å². The van der Waals surface area contributed by atoms with Crippen LogP contribution in [0.15, 0.2) is 51.8 Å². The van der Waals surface area contributed by atoms with Gasteiger partial charge in [-0.15, -0.1) is 0 Å². The monoisotopic (exact) mass is 495 g/mol. The van der Waals surface area contributed by atoms with E-state index in [0.717, 1.165) is 4.90 Å². The van der Waals surface area contributed by atoms with Crippen LogP contribution in [0.2, 0.25) is 5.02 Å². The number of nitrogens with zero attached hydrogens (tertiary/aromatic N) is 2. The van der Waals surface area contributed by atoms with Crippen LogP contribution in [0.4, 0.5) is 16.2 Å². The lowest BCUT2D eigenvalue weighted by atomic mass is 10.1. The number of thioether (sulfide) groups is 1. The summed E-state index contributed by atoms with van der Waals surface area (Å²) in [5.74, 6) is -1.28. The zero-order valence-corrected chi connectivity index (χ0v) is 17.6. The minimum Gasteiger partial charge on any atom is -0.324 e. The van der Waals surface area contributed by atoms with Gasteiger partial charge in [-0.05, 0) is 58.0 Å². The Kier molecular flexibility index (Phi) is 6.36. The zero-order valence-electron chi connectivity index (χ0n) is 14.4. The highest BCUT2D eigenvalue weighted by Gasteiger charge is 2.36. The van der Waals surface area contributed by atoms with Crippen molar-refractivity contribution < 1.29 is 19.3 Å². The predicted octanol–water partition coefficient (Wildman–Crippen LogP) is 4.69. The number of amides is 3. The summed E-state index contributed by atoms with van der Waals surface area (Å²) in [5.41, 5.74) is 0.409. The first kappa shape index (κ1) is 21.0. The van der Waals surface area contributed by atoms with E-state index in [1.807, 2.05) is 0 Å². The van der Waals surface area contributed by atoms with Crippen LogP contribution in [0.3, 0.4) is 0 Å². The van der Waals surface area contributed by atoms with Gasteiger partial charge in [0.1, 0.15) is 6.54 Å². The molecule has 2 aromatic carbocycles. The molecule has 0 aliphatic carbocycles. The molecular weight excluding hydrogens is 486 g/mol. The smallest absolute Gasteiger partial charge is 0.294 e. The second-order valence-electron chi connectivity index (χ2n) is 5.76. The van der Waals surface area contributed by atoms with Gasteiger partial charge >= 0.3 is 0 Å². The fourth-order valence-corrected chi connectivity index (χ4v) is 3.73. The van der Waals surface area contributed by atoms with E-state index < -0.39 is 28.5 Å². The summed E-state index contributed by atoms with van der Waals surface area (Å²) in [5, 5.41) is 13.4. The molecule has 0 aromatic heterocycles. The van der Waals surface area contributed by atoms with Crippen LogP contribution in [-0.4, -0.2) is 33.4 Å². The fraction of sp³-hybridized carbons (Fsp3) is 0.0556. The molecule has 1 saturated heterocycles. The van der Waals surface area contributed by atoms with Crippen molar-refractivity contribution in [3.63, 3.8) is 0 Å². The highest BCUT2D eigenvalue weighted by atomic mass is 79.9. The van der Waals surface area contributed by atoms with Gasteiger partial charge in [-0.1, -0.05) is 23.7 Å². The van der Waals surface area contributed by atoms with Crippen molar-refractivity contribution >= 4 is 73.8 Å². The normalized spacial score (nSPS) is 15.1. The summed E-state index contributed by atoms with van der Waals surface area (Å²) in [7, 11) is 0. The molecule has 3 amide bonds. The van der Waals surface area contributed by atoms with Crippen LogP contribution in [0.5, 0.6) is 0 Å². The Hall–Kier alpha value is -2.69. The van der Waals surface area contributed by atoms with E-state index in [1.54, 1.807) is 18.2 Å². The maximum absolute atomic E-state index is 12.5. The van der Waals surface area contributed by atoms with E-state index in [4.69, 9.17) is 11.6 Å². The summed E-state index contributed by atoms with van der Waals surface area (Å²) < 4.78 is 0.656. The van der Waals surface area contributed by atoms with Crippen molar-refractivity contribution in [1.82, 2.24) is 4.90 Å². The number of imide groups is 1. The van der Waals surface area contributed by atoms with Gasteiger partial charge in [0.2, 0.25) is 5.91 Å². The molecule has 3 rings (SSSR count). The van der Waals surface area contributed by atoms with Crippen molar-refractivity contribution in [2.45, 2.75) is 0 Å². The van der Waals surface area contributed by atoms with Crippen molar-refractivity contribution in [3.05, 3.63) is 72.5 Å². The number of nitro benzene ring substituents is 1. The number of benzene rings is 2. The van der Waals surface area contributed by atoms with E-state index >= 15 is 0 Å². The lowest BCUT2D eigenvalue weighted by molar-refractivity contribution is -0.385. The van der Waals surface area contributed by atoms with Crippen molar-refractivity contribution in [1.29, 1.82) is 0 Å². The molecule has 0 radical (unpaired) electrons. The molecule has 1 fully saturated rings. The van der Waals surface area contributed by atoms with Crippen LogP contribution < -0.4 is 5.32 Å². The van der Waals surface area contributed by atoms with E-state index in [2.05, 4.69) is 21.2 Å². The van der Waals surface area contributed by atoms with Crippen LogP contribution in [-0.2, 0) is 9.59 Å². The zero-order chi connectivity index (χ0) is 21.1. The van der Waals surface area contributed by atoms with Crippen LogP contribution in [0.25, 0.3) is 6.08 Å². The molecule has 1 N–H and O–H groups in total. The Morgan fingerprint density at radius 3 is 2.69 bits per heavy atom. The number of carbonyl (C=O) groups is 3. The third-order valence-corrected chi connectivity index (χ3v) is 5.94. The van der Waals surface area contributed by atoms with Crippen molar-refractivity contribution in [2.75, 3.05) is 11.9 Å². The average molecular weight is 497 g/mol. The third kappa shape index (κ3) is 4.84. The first-order valence-electron chi connectivity index (χ1n) is 8.00. The summed E-state index contributed by atoms with van der Waals surface area (Å²) in [6.07, 6.45) is 1.27. The maximum Gasteiger partial charge on any atom is 0.294 e. The fourth-order valence-electron chi connectivity index (χ4n) is 2.47. The van der Waals surface area contributed by atoms with Crippen LogP contribution in [0, 0.1) is 10.1 Å². The Morgan fingerprint density at radius 2 is 2.00 bits per heavy atom. The molecular formula is C18H11BrClN3O5S. The topological polar surface area (TPSA) is 110 Å². The molecule has 11 heteroatoms. The summed E-state index contributed by atoms with van der Waals surface area (Å²) in [6.45, 7) is -0.493. The Morgan fingerprint density at radius 1 is 1.28 bits per heavy atom. The molecule has 0 spiro atoms. The molecule has 0 unspecified atom stereocenters. The van der Waals surface area contributed by atoms with E-state index in [1.165, 1.54) is 30.3 Å². The number of rotatable bonds is 5. The summed E-state index contributed by atoms with van der Waals surface area (Å²) in [6, 6.07) is 10.6. The largest absolute Gasteiger partial charge is 0.324 e. The van der Waals surface area contributed by atoms with Crippen molar-refractivity contribution in [3.8, 4) is 0 Å². The van der Waals surface area contributed by atoms with Gasteiger partial charge in [0, 0.05) is 16.2 Å². The number of hydrogen-bond donors (Lipinski definition) is 1. The maximum atomic E-state index is 12.5. The molecule has 1 heterocycles. The van der Waals surface area contributed by atoms with Gasteiger partial charge in [-0.3, -0.25) is 29.4 Å². The number of anilines is 1. The number of hydrogen-bond acceptors (Lipinski definition) is 6. The number of para-hydroxylation sites is 1. The minimum absolute atomic E-state index is 0.00351. The van der Waals surface area contributed by atoms with Crippen LogP contribution >= 0.6 is 39.3 Å². The standard InChI is InChI=1S/C18H11BrClN3O5S/c19-12-6-5-11(8-13(12)20)21-16(24)9-22-17(25)15(29-18(22)26)7-10-3-1-2-4-14(10)23(27)28/h1-8H,9H2,(H,21,24)/b15-7+. The Bertz CT molecular complexity index is 1080. The van der Waals surface area contributed by atoms with Gasteiger partial charge in [-0.25, -0.2) is 0 Å². The lowest BCUT2D eigenvalue weighted by Gasteiger charge is -2.12. The molecule has 1 aliphatic rings. The number of nitro groups is 1. The molecule has 1 aliphatic heterocycles. The van der Waals surface area contributed by atoms with Gasteiger partial charge < -0.3 is 5.32 Å².